The van der Waals surface area contributed by atoms with Gasteiger partial charge in [0.05, 0.1) is 117 Å². The Kier molecular flexibility index (Phi) is 19.1. The number of aromatic nitrogens is 24. The van der Waals surface area contributed by atoms with E-state index in [1.165, 1.54) is 4.90 Å². The number of aromatic amines is 6. The van der Waals surface area contributed by atoms with Crippen molar-refractivity contribution < 1.29 is 19.1 Å². The predicted molar refractivity (Wildman–Crippen MR) is 432 cm³/mol. The van der Waals surface area contributed by atoms with E-state index < -0.39 is 0 Å². The molecular formula is C80H67N31O4. The molecule has 0 spiro atoms. The molecule has 35 nitrogen and oxygen atoms in total. The fourth-order valence-electron chi connectivity index (χ4n) is 13.5. The van der Waals surface area contributed by atoms with Crippen LogP contribution in [0.2, 0.25) is 0 Å². The summed E-state index contributed by atoms with van der Waals surface area (Å²) in [5.74, 6) is 1.88. The number of nitrogens with one attached hydrogen (secondary N) is 9. The SMILES string of the molecule is CN(C)C(=O)Nc1cncc(-c2cnc3n[nH]c(-c4nc5c(-c6ccncc6)cncc5[nH]4)c3c2)c1.CN1CCN(C(=O)Nc2cncc(-c3cnc4n[nH]c(-c5nc6c(-c7ccncc7)cncc6[nH]5)c4c3)c2)CC1.O=C(Nc1cncc(-c2cnc3n[nH]c(-c4nc5c(-c6ccncc6)cncc5[nH]4)c3c2)c1)N1CCOCC1. The van der Waals surface area contributed by atoms with E-state index in [1.807, 2.05) is 77.7 Å². The highest BCUT2D eigenvalue weighted by Crippen LogP contribution is 2.37. The summed E-state index contributed by atoms with van der Waals surface area (Å²) >= 11 is 0. The normalized spacial score (nSPS) is 13.1. The van der Waals surface area contributed by atoms with Gasteiger partial charge in [0.15, 0.2) is 34.4 Å². The number of likely N-dealkylation sites (N-methyl/N-ethyl adjacent to an activating group) is 1. The molecule has 2 fully saturated rings. The van der Waals surface area contributed by atoms with E-state index in [0.717, 1.165) is 129 Å². The summed E-state index contributed by atoms with van der Waals surface area (Å²) in [7, 11) is 5.42. The predicted octanol–water partition coefficient (Wildman–Crippen LogP) is 11.8. The third kappa shape index (κ3) is 14.8. The number of hydrogen-bond acceptors (Lipinski definition) is 23. The molecule has 2 aliphatic rings. The van der Waals surface area contributed by atoms with Crippen molar-refractivity contribution in [2.45, 2.75) is 0 Å². The van der Waals surface area contributed by atoms with Crippen LogP contribution in [0, 0.1) is 0 Å². The second-order valence-corrected chi connectivity index (χ2v) is 27.3. The van der Waals surface area contributed by atoms with Gasteiger partial charge in [-0.25, -0.2) is 44.3 Å². The van der Waals surface area contributed by atoms with E-state index in [4.69, 9.17) is 19.7 Å². The van der Waals surface area contributed by atoms with Crippen LogP contribution in [0.15, 0.2) is 203 Å². The number of pyridine rings is 12. The number of morpholine rings is 1. The number of anilines is 3. The van der Waals surface area contributed by atoms with Crippen molar-refractivity contribution in [3.63, 3.8) is 0 Å². The van der Waals surface area contributed by atoms with Crippen LogP contribution in [0.5, 0.6) is 0 Å². The fraction of sp³-hybridized carbons (Fsp3) is 0.138. The molecule has 0 unspecified atom stereocenters. The molecule has 6 amide bonds. The number of H-pyrrole nitrogens is 6. The summed E-state index contributed by atoms with van der Waals surface area (Å²) in [6.07, 6.45) is 36.4. The molecule has 0 atom stereocenters. The molecule has 115 heavy (non-hydrogen) atoms. The largest absolute Gasteiger partial charge is 0.378 e. The van der Waals surface area contributed by atoms with Crippen molar-refractivity contribution in [2.75, 3.05) is 89.6 Å². The second kappa shape index (κ2) is 31.0. The molecule has 0 radical (unpaired) electrons. The standard InChI is InChI=1S/C28H25N11O.C27H22N10O2.C25H20N10O/c1-38-6-8-39(9-7-38)28(40)33-20-10-18(12-30-14-20)19-11-21-25(36-37-26(21)32-13-19)27-34-23-16-31-15-22(24(23)35-27)17-2-4-29-5-3-17;38-27(37-5-7-39-8-6-37)32-19-9-17(11-29-13-19)18-10-20-24(35-36-25(20)31-12-18)26-33-22-15-30-14-21(23(22)34-26)16-1-3-28-4-2-16;1-35(2)25(36)30-17-7-15(9-27-11-17)16-8-18-22(33-34-23(18)29-10-16)24-31-20-13-28-12-19(21(20)32-24)14-3-5-26-6-4-14/h2-5,10-16H,6-9H2,1H3,(H,33,40)(H,34,35)(H,32,36,37);1-4,9-15H,5-8H2,(H,32,38)(H,33,34)(H,31,35,36);3-13H,1-2H3,(H,30,36)(H,31,32)(H,29,33,34). The van der Waals surface area contributed by atoms with Gasteiger partial charge in [-0.05, 0) is 96.5 Å². The summed E-state index contributed by atoms with van der Waals surface area (Å²) in [6.45, 7) is 5.31. The number of urea groups is 3. The zero-order chi connectivity index (χ0) is 77.9. The van der Waals surface area contributed by atoms with Crippen LogP contribution in [0.25, 0.3) is 168 Å². The Morgan fingerprint density at radius 2 is 0.704 bits per heavy atom. The highest BCUT2D eigenvalue weighted by Gasteiger charge is 2.24. The maximum atomic E-state index is 12.8. The summed E-state index contributed by atoms with van der Waals surface area (Å²) in [5, 5.41) is 33.5. The number of carbonyl (C=O) groups excluding carboxylic acids is 3. The Morgan fingerprint density at radius 1 is 0.374 bits per heavy atom. The Morgan fingerprint density at radius 3 is 1.06 bits per heavy atom. The van der Waals surface area contributed by atoms with Crippen LogP contribution in [0.4, 0.5) is 31.4 Å². The monoisotopic (exact) mass is 1530 g/mol. The highest BCUT2D eigenvalue weighted by atomic mass is 16.5. The topological polar surface area (TPSA) is 436 Å². The molecule has 35 heteroatoms. The Hall–Kier alpha value is -15.7. The first-order valence-corrected chi connectivity index (χ1v) is 36.4. The molecule has 9 N–H and O–H groups in total. The maximum Gasteiger partial charge on any atom is 0.322 e. The smallest absolute Gasteiger partial charge is 0.322 e. The second-order valence-electron chi connectivity index (χ2n) is 27.3. The van der Waals surface area contributed by atoms with Crippen molar-refractivity contribution in [2.24, 2.45) is 0 Å². The van der Waals surface area contributed by atoms with Crippen LogP contribution in [-0.4, -0.2) is 232 Å². The molecular weight excluding hydrogens is 1460 g/mol. The lowest BCUT2D eigenvalue weighted by Gasteiger charge is -2.32. The summed E-state index contributed by atoms with van der Waals surface area (Å²) in [4.78, 5) is 121. The zero-order valence-electron chi connectivity index (χ0n) is 61.7. The van der Waals surface area contributed by atoms with Crippen LogP contribution in [-0.2, 0) is 4.74 Å². The quantitative estimate of drug-likeness (QED) is 0.0548. The highest BCUT2D eigenvalue weighted by molar-refractivity contribution is 6.01. The summed E-state index contributed by atoms with van der Waals surface area (Å²) in [5.41, 5.74) is 21.1. The lowest BCUT2D eigenvalue weighted by atomic mass is 10.1. The molecule has 566 valence electrons. The van der Waals surface area contributed by atoms with Crippen molar-refractivity contribution in [1.82, 2.24) is 140 Å². The van der Waals surface area contributed by atoms with E-state index in [2.05, 4.69) is 133 Å². The van der Waals surface area contributed by atoms with Gasteiger partial charge in [-0.2, -0.15) is 15.3 Å². The average molecular weight is 1530 g/mol. The molecule has 0 bridgehead atoms. The minimum Gasteiger partial charge on any atom is -0.378 e. The summed E-state index contributed by atoms with van der Waals surface area (Å²) in [6, 6.07) is 22.6. The Bertz CT molecular complexity index is 6630. The first-order chi connectivity index (χ1) is 56.4. The molecule has 0 aromatic carbocycles. The third-order valence-electron chi connectivity index (χ3n) is 19.6. The van der Waals surface area contributed by atoms with E-state index in [1.54, 1.807) is 149 Å². The van der Waals surface area contributed by atoms with Crippen molar-refractivity contribution in [3.8, 4) is 101 Å². The lowest BCUT2D eigenvalue weighted by molar-refractivity contribution is 0.0564. The van der Waals surface area contributed by atoms with Crippen molar-refractivity contribution in [3.05, 3.63) is 203 Å². The fourth-order valence-corrected chi connectivity index (χ4v) is 13.5. The number of amides is 6. The van der Waals surface area contributed by atoms with Gasteiger partial charge in [-0.15, -0.1) is 0 Å². The van der Waals surface area contributed by atoms with E-state index in [-0.39, 0.29) is 18.1 Å². The van der Waals surface area contributed by atoms with E-state index in [0.29, 0.717) is 108 Å². The molecule has 0 aliphatic carbocycles. The average Bonchev–Trinajstić information content (AvgIpc) is 1.63. The number of piperazine rings is 1. The van der Waals surface area contributed by atoms with Gasteiger partial charge < -0.3 is 55.2 Å². The van der Waals surface area contributed by atoms with Crippen molar-refractivity contribution >= 4 is 101 Å². The minimum absolute atomic E-state index is 0.122. The van der Waals surface area contributed by atoms with Gasteiger partial charge in [-0.1, -0.05) is 0 Å². The van der Waals surface area contributed by atoms with Gasteiger partial charge in [0.25, 0.3) is 0 Å². The zero-order valence-corrected chi connectivity index (χ0v) is 61.7. The third-order valence-corrected chi connectivity index (χ3v) is 19.6. The van der Waals surface area contributed by atoms with Gasteiger partial charge in [0.1, 0.15) is 17.1 Å². The van der Waals surface area contributed by atoms with Crippen LogP contribution < -0.4 is 16.0 Å². The number of imidazole rings is 3. The summed E-state index contributed by atoms with van der Waals surface area (Å²) < 4.78 is 5.33. The van der Waals surface area contributed by atoms with Crippen LogP contribution in [0.3, 0.4) is 0 Å². The molecule has 0 saturated carbocycles. The molecule has 20 heterocycles. The van der Waals surface area contributed by atoms with Gasteiger partial charge >= 0.3 is 18.1 Å². The molecule has 2 saturated heterocycles. The van der Waals surface area contributed by atoms with Crippen LogP contribution >= 0.6 is 0 Å². The number of nitrogens with zero attached hydrogens (tertiary/aromatic N) is 22. The number of hydrogen-bond donors (Lipinski definition) is 9. The molecule has 2 aliphatic heterocycles. The number of ether oxygens (including phenoxy) is 1. The van der Waals surface area contributed by atoms with Gasteiger partial charge in [0, 0.05) is 196 Å². The lowest BCUT2D eigenvalue weighted by Crippen LogP contribution is -2.48. The number of rotatable bonds is 12. The molecule has 18 aromatic heterocycles. The molecule has 20 rings (SSSR count). The first-order valence-electron chi connectivity index (χ1n) is 36.4. The van der Waals surface area contributed by atoms with Gasteiger partial charge in [-0.3, -0.25) is 60.2 Å². The maximum absolute atomic E-state index is 12.8. The molecule has 18 aromatic rings. The minimum atomic E-state index is -0.231. The van der Waals surface area contributed by atoms with E-state index >= 15 is 0 Å². The van der Waals surface area contributed by atoms with Gasteiger partial charge in [0.2, 0.25) is 0 Å². The first kappa shape index (κ1) is 71.0. The Balaban J connectivity index is 0.000000120. The van der Waals surface area contributed by atoms with Crippen LogP contribution in [0.1, 0.15) is 0 Å². The van der Waals surface area contributed by atoms with Crippen molar-refractivity contribution in [1.29, 1.82) is 0 Å². The van der Waals surface area contributed by atoms with E-state index in [9.17, 15) is 14.4 Å². The number of fused-ring (bicyclic) bond motifs is 6. The Labute approximate surface area is 651 Å². The number of carbonyl (C=O) groups is 3.